The minimum Gasteiger partial charge on any atom is -0.337 e. The summed E-state index contributed by atoms with van der Waals surface area (Å²) in [6.45, 7) is 4.85. The summed E-state index contributed by atoms with van der Waals surface area (Å²) in [5.41, 5.74) is 2.24. The normalized spacial score (nSPS) is 15.1. The molecule has 0 N–H and O–H groups in total. The van der Waals surface area contributed by atoms with Gasteiger partial charge >= 0.3 is 0 Å². The highest BCUT2D eigenvalue weighted by atomic mass is 16.2. The van der Waals surface area contributed by atoms with Crippen molar-refractivity contribution in [3.8, 4) is 0 Å². The maximum atomic E-state index is 11.4. The summed E-state index contributed by atoms with van der Waals surface area (Å²) in [5.74, 6) is -0.0127. The van der Waals surface area contributed by atoms with Crippen molar-refractivity contribution in [2.24, 2.45) is 7.05 Å². The number of aryl methyl sites for hydroxylation is 1. The first-order chi connectivity index (χ1) is 6.72. The lowest BCUT2D eigenvalue weighted by molar-refractivity contribution is -0.126. The van der Waals surface area contributed by atoms with Gasteiger partial charge in [-0.05, 0) is 6.08 Å². The Morgan fingerprint density at radius 1 is 1.71 bits per heavy atom. The second-order valence-corrected chi connectivity index (χ2v) is 3.46. The van der Waals surface area contributed by atoms with E-state index in [0.29, 0.717) is 6.54 Å². The number of hydrogen-bond donors (Lipinski definition) is 0. The number of imidazole rings is 1. The van der Waals surface area contributed by atoms with Gasteiger partial charge in [-0.2, -0.15) is 0 Å². The van der Waals surface area contributed by atoms with Crippen molar-refractivity contribution in [2.45, 2.75) is 13.0 Å². The number of rotatable bonds is 1. The number of hydrogen-bond acceptors (Lipinski definition) is 2. The van der Waals surface area contributed by atoms with Crippen LogP contribution in [0.15, 0.2) is 19.0 Å². The molecular weight excluding hydrogens is 178 g/mol. The van der Waals surface area contributed by atoms with Crippen LogP contribution in [-0.4, -0.2) is 26.9 Å². The molecule has 0 saturated carbocycles. The Balaban J connectivity index is 2.21. The van der Waals surface area contributed by atoms with E-state index >= 15 is 0 Å². The van der Waals surface area contributed by atoms with Crippen molar-refractivity contribution < 1.29 is 4.79 Å². The Bertz CT molecular complexity index is 381. The smallest absolute Gasteiger partial charge is 0.246 e. The molecule has 1 aliphatic heterocycles. The highest BCUT2D eigenvalue weighted by molar-refractivity contribution is 5.87. The van der Waals surface area contributed by atoms with Crippen LogP contribution in [0.2, 0.25) is 0 Å². The van der Waals surface area contributed by atoms with Gasteiger partial charge in [0, 0.05) is 25.7 Å². The van der Waals surface area contributed by atoms with Gasteiger partial charge in [0.25, 0.3) is 0 Å². The number of carbonyl (C=O) groups excluding carboxylic acids is 1. The second kappa shape index (κ2) is 3.29. The molecule has 14 heavy (non-hydrogen) atoms. The summed E-state index contributed by atoms with van der Waals surface area (Å²) in [6, 6.07) is 0. The Kier molecular flexibility index (Phi) is 2.11. The molecule has 1 aromatic rings. The summed E-state index contributed by atoms with van der Waals surface area (Å²) in [4.78, 5) is 17.4. The molecule has 0 spiro atoms. The fourth-order valence-electron chi connectivity index (χ4n) is 1.77. The third-order valence-electron chi connectivity index (χ3n) is 2.59. The van der Waals surface area contributed by atoms with E-state index in [1.807, 2.05) is 11.6 Å². The van der Waals surface area contributed by atoms with Crippen molar-refractivity contribution in [2.75, 3.05) is 6.54 Å². The zero-order valence-electron chi connectivity index (χ0n) is 8.23. The van der Waals surface area contributed by atoms with E-state index in [0.717, 1.165) is 18.7 Å². The highest BCUT2D eigenvalue weighted by Gasteiger charge is 2.21. The van der Waals surface area contributed by atoms with Crippen LogP contribution >= 0.6 is 0 Å². The average Bonchev–Trinajstić information content (AvgIpc) is 2.59. The van der Waals surface area contributed by atoms with Crippen molar-refractivity contribution in [1.29, 1.82) is 0 Å². The van der Waals surface area contributed by atoms with Gasteiger partial charge in [0.15, 0.2) is 0 Å². The van der Waals surface area contributed by atoms with Crippen molar-refractivity contribution in [3.63, 3.8) is 0 Å². The molecule has 1 aliphatic rings. The van der Waals surface area contributed by atoms with E-state index < -0.39 is 0 Å². The first-order valence-corrected chi connectivity index (χ1v) is 4.63. The third-order valence-corrected chi connectivity index (χ3v) is 2.59. The molecule has 0 aromatic carbocycles. The molecule has 0 radical (unpaired) electrons. The van der Waals surface area contributed by atoms with Crippen LogP contribution in [0.5, 0.6) is 0 Å². The van der Waals surface area contributed by atoms with E-state index in [1.54, 1.807) is 11.2 Å². The monoisotopic (exact) mass is 191 g/mol. The molecule has 4 nitrogen and oxygen atoms in total. The van der Waals surface area contributed by atoms with Gasteiger partial charge in [0.05, 0.1) is 18.6 Å². The third kappa shape index (κ3) is 1.32. The molecule has 1 amide bonds. The van der Waals surface area contributed by atoms with E-state index in [-0.39, 0.29) is 5.91 Å². The summed E-state index contributed by atoms with van der Waals surface area (Å²) in [5, 5.41) is 0. The van der Waals surface area contributed by atoms with Gasteiger partial charge < -0.3 is 9.47 Å². The van der Waals surface area contributed by atoms with Crippen molar-refractivity contribution >= 4 is 5.91 Å². The summed E-state index contributed by atoms with van der Waals surface area (Å²) < 4.78 is 2.02. The van der Waals surface area contributed by atoms with Crippen LogP contribution < -0.4 is 0 Å². The van der Waals surface area contributed by atoms with E-state index in [4.69, 9.17) is 0 Å². The fraction of sp³-hybridized carbons (Fsp3) is 0.400. The largest absolute Gasteiger partial charge is 0.337 e. The number of fused-ring (bicyclic) bond motifs is 1. The first-order valence-electron chi connectivity index (χ1n) is 4.63. The quantitative estimate of drug-likeness (QED) is 0.606. The van der Waals surface area contributed by atoms with E-state index in [2.05, 4.69) is 11.6 Å². The van der Waals surface area contributed by atoms with Gasteiger partial charge in [-0.3, -0.25) is 4.79 Å². The summed E-state index contributed by atoms with van der Waals surface area (Å²) in [7, 11) is 1.98. The molecule has 1 aromatic heterocycles. The molecule has 0 bridgehead atoms. The Labute approximate surface area is 82.9 Å². The topological polar surface area (TPSA) is 38.1 Å². The number of carbonyl (C=O) groups is 1. The van der Waals surface area contributed by atoms with Crippen LogP contribution in [-0.2, 0) is 24.8 Å². The number of aromatic nitrogens is 2. The van der Waals surface area contributed by atoms with Gasteiger partial charge in [0.1, 0.15) is 0 Å². The first kappa shape index (κ1) is 8.99. The average molecular weight is 191 g/mol. The predicted molar refractivity (Wildman–Crippen MR) is 52.5 cm³/mol. The summed E-state index contributed by atoms with van der Waals surface area (Å²) >= 11 is 0. The van der Waals surface area contributed by atoms with E-state index in [9.17, 15) is 4.79 Å². The van der Waals surface area contributed by atoms with Crippen molar-refractivity contribution in [1.82, 2.24) is 14.5 Å². The second-order valence-electron chi connectivity index (χ2n) is 3.46. The lowest BCUT2D eigenvalue weighted by Crippen LogP contribution is -2.35. The van der Waals surface area contributed by atoms with Crippen LogP contribution in [0.1, 0.15) is 11.4 Å². The minimum atomic E-state index is -0.0127. The van der Waals surface area contributed by atoms with Crippen LogP contribution in [0.4, 0.5) is 0 Å². The van der Waals surface area contributed by atoms with Gasteiger partial charge in [-0.1, -0.05) is 6.58 Å². The Morgan fingerprint density at radius 3 is 3.21 bits per heavy atom. The molecule has 0 unspecified atom stereocenters. The molecule has 0 atom stereocenters. The lowest BCUT2D eigenvalue weighted by Gasteiger charge is -2.25. The molecule has 74 valence electrons. The maximum Gasteiger partial charge on any atom is 0.246 e. The Morgan fingerprint density at radius 2 is 2.50 bits per heavy atom. The predicted octanol–water partition coefficient (Wildman–Crippen LogP) is 0.491. The van der Waals surface area contributed by atoms with Gasteiger partial charge in [-0.25, -0.2) is 4.98 Å². The minimum absolute atomic E-state index is 0.0127. The molecule has 4 heteroatoms. The SMILES string of the molecule is C=CC(=O)N1CCc2c(ncn2C)C1. The van der Waals surface area contributed by atoms with Gasteiger partial charge in [-0.15, -0.1) is 0 Å². The maximum absolute atomic E-state index is 11.4. The lowest BCUT2D eigenvalue weighted by atomic mass is 10.1. The summed E-state index contributed by atoms with van der Waals surface area (Å²) in [6.07, 6.45) is 4.03. The molecule has 2 rings (SSSR count). The highest BCUT2D eigenvalue weighted by Crippen LogP contribution is 2.16. The van der Waals surface area contributed by atoms with Crippen molar-refractivity contribution in [3.05, 3.63) is 30.4 Å². The molecular formula is C10H13N3O. The van der Waals surface area contributed by atoms with Crippen LogP contribution in [0, 0.1) is 0 Å². The molecule has 0 fully saturated rings. The Hall–Kier alpha value is -1.58. The zero-order chi connectivity index (χ0) is 10.1. The molecule has 0 saturated heterocycles. The zero-order valence-corrected chi connectivity index (χ0v) is 8.23. The number of nitrogens with zero attached hydrogens (tertiary/aromatic N) is 3. The van der Waals surface area contributed by atoms with Crippen LogP contribution in [0.3, 0.4) is 0 Å². The fourth-order valence-corrected chi connectivity index (χ4v) is 1.77. The van der Waals surface area contributed by atoms with E-state index in [1.165, 1.54) is 11.8 Å². The van der Waals surface area contributed by atoms with Gasteiger partial charge in [0.2, 0.25) is 5.91 Å². The molecule has 0 aliphatic carbocycles. The van der Waals surface area contributed by atoms with Crippen LogP contribution in [0.25, 0.3) is 0 Å². The standard InChI is InChI=1S/C10H13N3O/c1-3-10(14)13-5-4-9-8(6-13)11-7-12(9)2/h3,7H,1,4-6H2,2H3. The molecule has 2 heterocycles. The number of amides is 1.